The van der Waals surface area contributed by atoms with Gasteiger partial charge in [0.2, 0.25) is 11.9 Å². The Labute approximate surface area is 130 Å². The molecule has 0 aliphatic carbocycles. The maximum Gasteiger partial charge on any atom is 0.302 e. The lowest BCUT2D eigenvalue weighted by Gasteiger charge is -2.07. The molecule has 0 bridgehead atoms. The molecule has 9 nitrogen and oxygen atoms in total. The van der Waals surface area contributed by atoms with Crippen LogP contribution in [0.3, 0.4) is 0 Å². The van der Waals surface area contributed by atoms with Gasteiger partial charge in [-0.2, -0.15) is 0 Å². The highest BCUT2D eigenvalue weighted by Crippen LogP contribution is 2.13. The lowest BCUT2D eigenvalue weighted by atomic mass is 10.5. The second-order valence-corrected chi connectivity index (χ2v) is 4.75. The zero-order valence-corrected chi connectivity index (χ0v) is 12.9. The van der Waals surface area contributed by atoms with Crippen LogP contribution in [0.1, 0.15) is 13.8 Å². The highest BCUT2D eigenvalue weighted by atomic mass is 32.1. The van der Waals surface area contributed by atoms with Crippen LogP contribution >= 0.6 is 12.2 Å². The van der Waals surface area contributed by atoms with Gasteiger partial charge in [-0.25, -0.2) is 9.97 Å². The van der Waals surface area contributed by atoms with E-state index in [-0.39, 0.29) is 42.4 Å². The van der Waals surface area contributed by atoms with Crippen molar-refractivity contribution in [3.63, 3.8) is 0 Å². The number of carbonyl (C=O) groups is 2. The fraction of sp³-hybridized carbons (Fsp3) is 0.417. The van der Waals surface area contributed by atoms with Crippen molar-refractivity contribution in [1.29, 1.82) is 0 Å². The summed E-state index contributed by atoms with van der Waals surface area (Å²) in [5, 5.41) is 2.53. The van der Waals surface area contributed by atoms with Gasteiger partial charge in [-0.1, -0.05) is 12.2 Å². The van der Waals surface area contributed by atoms with Crippen LogP contribution in [0.15, 0.2) is 6.33 Å². The van der Waals surface area contributed by atoms with Crippen LogP contribution in [0.4, 0.5) is 5.95 Å². The van der Waals surface area contributed by atoms with Gasteiger partial charge in [-0.05, 0) is 0 Å². The maximum absolute atomic E-state index is 11.1. The van der Waals surface area contributed by atoms with Gasteiger partial charge in [0.15, 0.2) is 4.64 Å². The minimum Gasteiger partial charge on any atom is -0.463 e. The summed E-state index contributed by atoms with van der Waals surface area (Å²) < 4.78 is 12.1. The SMILES string of the molecule is CC(=O)Nc1nc(=S)c2ncn(COCCOC(C)=O)c2[nH]1. The van der Waals surface area contributed by atoms with Crippen molar-refractivity contribution in [2.75, 3.05) is 18.5 Å². The molecule has 0 aliphatic rings. The van der Waals surface area contributed by atoms with Gasteiger partial charge in [0, 0.05) is 13.8 Å². The van der Waals surface area contributed by atoms with Crippen molar-refractivity contribution in [3.05, 3.63) is 11.0 Å². The molecule has 0 atom stereocenters. The number of anilines is 1. The Hall–Kier alpha value is -2.33. The fourth-order valence-corrected chi connectivity index (χ4v) is 1.94. The van der Waals surface area contributed by atoms with E-state index in [1.54, 1.807) is 10.9 Å². The molecular formula is C12H15N5O4S. The quantitative estimate of drug-likeness (QED) is 0.463. The Morgan fingerprint density at radius 3 is 2.86 bits per heavy atom. The van der Waals surface area contributed by atoms with E-state index in [0.717, 1.165) is 0 Å². The van der Waals surface area contributed by atoms with Gasteiger partial charge in [0.1, 0.15) is 24.5 Å². The monoisotopic (exact) mass is 325 g/mol. The molecule has 0 aromatic carbocycles. The first-order valence-electron chi connectivity index (χ1n) is 6.41. The Bertz CT molecular complexity index is 754. The molecule has 0 aliphatic heterocycles. The van der Waals surface area contributed by atoms with Crippen molar-refractivity contribution in [2.24, 2.45) is 0 Å². The number of imidazole rings is 1. The van der Waals surface area contributed by atoms with Crippen LogP contribution in [-0.2, 0) is 25.8 Å². The third-order valence-electron chi connectivity index (χ3n) is 2.55. The lowest BCUT2D eigenvalue weighted by Crippen LogP contribution is -2.12. The summed E-state index contributed by atoms with van der Waals surface area (Å²) >= 11 is 5.13. The second kappa shape index (κ2) is 7.09. The number of nitrogens with one attached hydrogen (secondary N) is 2. The molecular weight excluding hydrogens is 310 g/mol. The van der Waals surface area contributed by atoms with E-state index in [0.29, 0.717) is 11.2 Å². The smallest absolute Gasteiger partial charge is 0.302 e. The van der Waals surface area contributed by atoms with Crippen molar-refractivity contribution >= 4 is 41.2 Å². The summed E-state index contributed by atoms with van der Waals surface area (Å²) in [6, 6.07) is 0. The number of esters is 1. The van der Waals surface area contributed by atoms with E-state index in [4.69, 9.17) is 21.7 Å². The van der Waals surface area contributed by atoms with E-state index in [9.17, 15) is 9.59 Å². The van der Waals surface area contributed by atoms with Crippen molar-refractivity contribution < 1.29 is 19.1 Å². The summed E-state index contributed by atoms with van der Waals surface area (Å²) in [5.41, 5.74) is 1.09. The number of hydrogen-bond acceptors (Lipinski definition) is 7. The number of aromatic nitrogens is 4. The Morgan fingerprint density at radius 1 is 1.41 bits per heavy atom. The third-order valence-corrected chi connectivity index (χ3v) is 2.83. The molecule has 0 saturated heterocycles. The number of hydrogen-bond donors (Lipinski definition) is 2. The number of fused-ring (bicyclic) bond motifs is 1. The summed E-state index contributed by atoms with van der Waals surface area (Å²) in [6.45, 7) is 3.32. The first-order chi connectivity index (χ1) is 10.5. The highest BCUT2D eigenvalue weighted by molar-refractivity contribution is 7.71. The van der Waals surface area contributed by atoms with Crippen LogP contribution in [0.5, 0.6) is 0 Å². The Balaban J connectivity index is 2.10. The second-order valence-electron chi connectivity index (χ2n) is 4.36. The Morgan fingerprint density at radius 2 is 2.18 bits per heavy atom. The molecule has 2 heterocycles. The average Bonchev–Trinajstić information content (AvgIpc) is 2.81. The predicted molar refractivity (Wildman–Crippen MR) is 79.6 cm³/mol. The van der Waals surface area contributed by atoms with E-state index < -0.39 is 0 Å². The normalized spacial score (nSPS) is 10.6. The topological polar surface area (TPSA) is 111 Å². The molecule has 2 aromatic rings. The molecule has 0 spiro atoms. The molecule has 0 radical (unpaired) electrons. The van der Waals surface area contributed by atoms with Crippen molar-refractivity contribution in [1.82, 2.24) is 19.5 Å². The summed E-state index contributed by atoms with van der Waals surface area (Å²) in [6.07, 6.45) is 1.54. The number of ether oxygens (including phenoxy) is 2. The van der Waals surface area contributed by atoms with Crippen LogP contribution in [0.2, 0.25) is 0 Å². The number of amides is 1. The zero-order chi connectivity index (χ0) is 16.1. The molecule has 2 aromatic heterocycles. The van der Waals surface area contributed by atoms with E-state index in [2.05, 4.69) is 20.3 Å². The van der Waals surface area contributed by atoms with Crippen LogP contribution < -0.4 is 5.32 Å². The molecule has 2 rings (SSSR count). The molecule has 1 amide bonds. The molecule has 0 unspecified atom stereocenters. The molecule has 10 heteroatoms. The lowest BCUT2D eigenvalue weighted by molar-refractivity contribution is -0.142. The van der Waals surface area contributed by atoms with E-state index in [1.165, 1.54) is 13.8 Å². The summed E-state index contributed by atoms with van der Waals surface area (Å²) in [5.74, 6) is -0.375. The van der Waals surface area contributed by atoms with Gasteiger partial charge in [0.05, 0.1) is 12.9 Å². The number of H-pyrrole nitrogens is 1. The number of nitrogens with zero attached hydrogens (tertiary/aromatic N) is 3. The van der Waals surface area contributed by atoms with Gasteiger partial charge in [-0.15, -0.1) is 0 Å². The first kappa shape index (κ1) is 16.0. The fourth-order valence-electron chi connectivity index (χ4n) is 1.70. The molecule has 118 valence electrons. The number of aromatic amines is 1. The third kappa shape index (κ3) is 4.09. The molecule has 0 saturated carbocycles. The standard InChI is InChI=1S/C12H15N5O4S/c1-7(18)14-12-15-10-9(11(22)16-12)13-5-17(10)6-20-3-4-21-8(2)19/h5H,3-4,6H2,1-2H3,(H2,14,15,16,18,22). The van der Waals surface area contributed by atoms with Crippen molar-refractivity contribution in [2.45, 2.75) is 20.6 Å². The minimum absolute atomic E-state index is 0.177. The van der Waals surface area contributed by atoms with Gasteiger partial charge >= 0.3 is 5.97 Å². The van der Waals surface area contributed by atoms with Gasteiger partial charge in [-0.3, -0.25) is 19.5 Å². The predicted octanol–water partition coefficient (Wildman–Crippen LogP) is 0.984. The number of rotatable bonds is 6. The van der Waals surface area contributed by atoms with Crippen LogP contribution in [0, 0.1) is 4.64 Å². The minimum atomic E-state index is -0.355. The largest absolute Gasteiger partial charge is 0.463 e. The zero-order valence-electron chi connectivity index (χ0n) is 12.1. The van der Waals surface area contributed by atoms with Gasteiger partial charge in [0.25, 0.3) is 0 Å². The van der Waals surface area contributed by atoms with Crippen molar-refractivity contribution in [3.8, 4) is 0 Å². The number of carbonyl (C=O) groups excluding carboxylic acids is 2. The van der Waals surface area contributed by atoms with Gasteiger partial charge < -0.3 is 14.5 Å². The highest BCUT2D eigenvalue weighted by Gasteiger charge is 2.08. The van der Waals surface area contributed by atoms with E-state index in [1.807, 2.05) is 0 Å². The Kier molecular flexibility index (Phi) is 5.17. The summed E-state index contributed by atoms with van der Waals surface area (Å²) in [4.78, 5) is 32.8. The van der Waals surface area contributed by atoms with Crippen LogP contribution in [-0.4, -0.2) is 44.6 Å². The molecule has 2 N–H and O–H groups in total. The molecule has 22 heavy (non-hydrogen) atoms. The first-order valence-corrected chi connectivity index (χ1v) is 6.82. The molecule has 0 fully saturated rings. The average molecular weight is 325 g/mol. The van der Waals surface area contributed by atoms with Crippen LogP contribution in [0.25, 0.3) is 11.2 Å². The maximum atomic E-state index is 11.1. The van der Waals surface area contributed by atoms with E-state index >= 15 is 0 Å². The summed E-state index contributed by atoms with van der Waals surface area (Å²) in [7, 11) is 0.